The Kier molecular flexibility index (Phi) is 5.55. The van der Waals surface area contributed by atoms with Gasteiger partial charge in [0.25, 0.3) is 0 Å². The normalized spacial score (nSPS) is 16.2. The lowest BCUT2D eigenvalue weighted by Crippen LogP contribution is -2.44. The summed E-state index contributed by atoms with van der Waals surface area (Å²) in [6.07, 6.45) is 4.47. The fraction of sp³-hybridized carbons (Fsp3) is 0.391. The van der Waals surface area contributed by atoms with Crippen LogP contribution in [0.15, 0.2) is 54.7 Å². The van der Waals surface area contributed by atoms with Gasteiger partial charge in [0.15, 0.2) is 0 Å². The number of benzene rings is 2. The molecular formula is C23H28FN3. The standard InChI is InChI=1S/C23H28FN3/c1-25-13-15-26(16-14-25)11-2-3-19-6-9-23-21(17-19)10-12-27(23)18-20-4-7-22(24)8-5-20/h4-10,12,17H,2-3,11,13-16,18H2,1H3. The fourth-order valence-electron chi connectivity index (χ4n) is 3.91. The van der Waals surface area contributed by atoms with Crippen LogP contribution in [0.1, 0.15) is 17.5 Å². The van der Waals surface area contributed by atoms with Crippen LogP contribution in [0.4, 0.5) is 4.39 Å². The van der Waals surface area contributed by atoms with Gasteiger partial charge in [-0.25, -0.2) is 4.39 Å². The molecule has 0 atom stereocenters. The second-order valence-corrected chi connectivity index (χ2v) is 7.71. The van der Waals surface area contributed by atoms with E-state index in [-0.39, 0.29) is 5.82 Å². The highest BCUT2D eigenvalue weighted by atomic mass is 19.1. The third-order valence-corrected chi connectivity index (χ3v) is 5.64. The molecule has 1 aromatic heterocycles. The number of piperazine rings is 1. The van der Waals surface area contributed by atoms with Gasteiger partial charge in [0.1, 0.15) is 5.82 Å². The first-order valence-electron chi connectivity index (χ1n) is 9.90. The van der Waals surface area contributed by atoms with E-state index in [4.69, 9.17) is 0 Å². The first kappa shape index (κ1) is 18.2. The summed E-state index contributed by atoms with van der Waals surface area (Å²) in [5.74, 6) is -0.183. The summed E-state index contributed by atoms with van der Waals surface area (Å²) >= 11 is 0. The lowest BCUT2D eigenvalue weighted by atomic mass is 10.1. The van der Waals surface area contributed by atoms with E-state index in [0.29, 0.717) is 0 Å². The Morgan fingerprint density at radius 2 is 1.63 bits per heavy atom. The molecule has 3 aromatic rings. The summed E-state index contributed by atoms with van der Waals surface area (Å²) in [6.45, 7) is 6.73. The number of fused-ring (bicyclic) bond motifs is 1. The van der Waals surface area contributed by atoms with Crippen LogP contribution in [0.2, 0.25) is 0 Å². The highest BCUT2D eigenvalue weighted by Crippen LogP contribution is 2.20. The van der Waals surface area contributed by atoms with Crippen LogP contribution >= 0.6 is 0 Å². The van der Waals surface area contributed by atoms with Gasteiger partial charge in [-0.3, -0.25) is 0 Å². The van der Waals surface area contributed by atoms with Crippen LogP contribution in [0.3, 0.4) is 0 Å². The van der Waals surface area contributed by atoms with Crippen molar-refractivity contribution in [1.29, 1.82) is 0 Å². The quantitative estimate of drug-likeness (QED) is 0.654. The molecular weight excluding hydrogens is 337 g/mol. The second kappa shape index (κ2) is 8.24. The molecule has 0 unspecified atom stereocenters. The molecule has 27 heavy (non-hydrogen) atoms. The maximum absolute atomic E-state index is 13.1. The number of rotatable bonds is 6. The van der Waals surface area contributed by atoms with Gasteiger partial charge in [0.05, 0.1) is 0 Å². The van der Waals surface area contributed by atoms with Crippen LogP contribution in [-0.2, 0) is 13.0 Å². The zero-order valence-corrected chi connectivity index (χ0v) is 16.1. The van der Waals surface area contributed by atoms with Gasteiger partial charge in [-0.15, -0.1) is 0 Å². The van der Waals surface area contributed by atoms with Crippen LogP contribution in [0, 0.1) is 5.82 Å². The number of nitrogens with zero attached hydrogens (tertiary/aromatic N) is 3. The SMILES string of the molecule is CN1CCN(CCCc2ccc3c(ccn3Cc3ccc(F)cc3)c2)CC1. The summed E-state index contributed by atoms with van der Waals surface area (Å²) in [6, 6.07) is 15.8. The van der Waals surface area contributed by atoms with Gasteiger partial charge in [0, 0.05) is 44.4 Å². The van der Waals surface area contributed by atoms with Crippen molar-refractivity contribution in [3.05, 3.63) is 71.7 Å². The molecule has 2 heterocycles. The summed E-state index contributed by atoms with van der Waals surface area (Å²) in [5.41, 5.74) is 3.77. The molecule has 0 aliphatic carbocycles. The van der Waals surface area contributed by atoms with Crippen molar-refractivity contribution < 1.29 is 4.39 Å². The topological polar surface area (TPSA) is 11.4 Å². The van der Waals surface area contributed by atoms with Crippen molar-refractivity contribution in [2.45, 2.75) is 19.4 Å². The molecule has 1 saturated heterocycles. The highest BCUT2D eigenvalue weighted by Gasteiger charge is 2.13. The van der Waals surface area contributed by atoms with E-state index in [1.807, 2.05) is 12.1 Å². The van der Waals surface area contributed by atoms with Crippen molar-refractivity contribution in [3.63, 3.8) is 0 Å². The van der Waals surface area contributed by atoms with Crippen LogP contribution in [0.25, 0.3) is 10.9 Å². The molecule has 0 bridgehead atoms. The molecule has 4 rings (SSSR count). The molecule has 1 fully saturated rings. The smallest absolute Gasteiger partial charge is 0.123 e. The van der Waals surface area contributed by atoms with Gasteiger partial charge in [0.2, 0.25) is 0 Å². The van der Waals surface area contributed by atoms with Crippen LogP contribution in [-0.4, -0.2) is 54.1 Å². The molecule has 1 aliphatic rings. The zero-order valence-electron chi connectivity index (χ0n) is 16.1. The number of aryl methyl sites for hydroxylation is 1. The Balaban J connectivity index is 1.36. The van der Waals surface area contributed by atoms with Gasteiger partial charge in [-0.1, -0.05) is 18.2 Å². The van der Waals surface area contributed by atoms with E-state index in [9.17, 15) is 4.39 Å². The molecule has 2 aromatic carbocycles. The second-order valence-electron chi connectivity index (χ2n) is 7.71. The number of hydrogen-bond donors (Lipinski definition) is 0. The minimum absolute atomic E-state index is 0.183. The molecule has 0 spiro atoms. The van der Waals surface area contributed by atoms with Crippen LogP contribution < -0.4 is 0 Å². The maximum Gasteiger partial charge on any atom is 0.123 e. The molecule has 0 amide bonds. The Bertz CT molecular complexity index is 876. The average molecular weight is 365 g/mol. The predicted octanol–water partition coefficient (Wildman–Crippen LogP) is 4.01. The number of halogens is 1. The van der Waals surface area contributed by atoms with Crippen molar-refractivity contribution in [2.24, 2.45) is 0 Å². The van der Waals surface area contributed by atoms with Crippen molar-refractivity contribution in [2.75, 3.05) is 39.8 Å². The third-order valence-electron chi connectivity index (χ3n) is 5.64. The molecule has 3 nitrogen and oxygen atoms in total. The minimum Gasteiger partial charge on any atom is -0.343 e. The number of aromatic nitrogens is 1. The highest BCUT2D eigenvalue weighted by molar-refractivity contribution is 5.81. The Morgan fingerprint density at radius 1 is 0.889 bits per heavy atom. The lowest BCUT2D eigenvalue weighted by molar-refractivity contribution is 0.153. The van der Waals surface area contributed by atoms with E-state index < -0.39 is 0 Å². The lowest BCUT2D eigenvalue weighted by Gasteiger charge is -2.32. The Labute approximate surface area is 161 Å². The van der Waals surface area contributed by atoms with E-state index in [1.54, 1.807) is 0 Å². The Hall–Kier alpha value is -2.17. The van der Waals surface area contributed by atoms with Gasteiger partial charge in [-0.05, 0) is 73.3 Å². The summed E-state index contributed by atoms with van der Waals surface area (Å²) < 4.78 is 15.3. The van der Waals surface area contributed by atoms with Crippen molar-refractivity contribution in [3.8, 4) is 0 Å². The minimum atomic E-state index is -0.183. The first-order chi connectivity index (χ1) is 13.2. The van der Waals surface area contributed by atoms with E-state index in [0.717, 1.165) is 18.5 Å². The Morgan fingerprint density at radius 3 is 2.41 bits per heavy atom. The summed E-state index contributed by atoms with van der Waals surface area (Å²) in [7, 11) is 2.20. The van der Waals surface area contributed by atoms with E-state index >= 15 is 0 Å². The predicted molar refractivity (Wildman–Crippen MR) is 110 cm³/mol. The number of likely N-dealkylation sites (N-methyl/N-ethyl adjacent to an activating group) is 1. The first-order valence-corrected chi connectivity index (χ1v) is 9.90. The maximum atomic E-state index is 13.1. The summed E-state index contributed by atoms with van der Waals surface area (Å²) in [5, 5.41) is 1.29. The number of hydrogen-bond acceptors (Lipinski definition) is 2. The molecule has 1 aliphatic heterocycles. The average Bonchev–Trinajstić information content (AvgIpc) is 3.07. The zero-order chi connectivity index (χ0) is 18.6. The van der Waals surface area contributed by atoms with Gasteiger partial charge in [-0.2, -0.15) is 0 Å². The van der Waals surface area contributed by atoms with Gasteiger partial charge >= 0.3 is 0 Å². The fourth-order valence-corrected chi connectivity index (χ4v) is 3.91. The molecule has 0 N–H and O–H groups in total. The van der Waals surface area contributed by atoms with Crippen molar-refractivity contribution in [1.82, 2.24) is 14.4 Å². The molecule has 4 heteroatoms. The van der Waals surface area contributed by atoms with Gasteiger partial charge < -0.3 is 14.4 Å². The van der Waals surface area contributed by atoms with Crippen molar-refractivity contribution >= 4 is 10.9 Å². The third kappa shape index (κ3) is 4.57. The summed E-state index contributed by atoms with van der Waals surface area (Å²) in [4.78, 5) is 4.98. The molecule has 0 radical (unpaired) electrons. The monoisotopic (exact) mass is 365 g/mol. The van der Waals surface area contributed by atoms with E-state index in [1.165, 1.54) is 67.7 Å². The largest absolute Gasteiger partial charge is 0.343 e. The molecule has 142 valence electrons. The molecule has 0 saturated carbocycles. The van der Waals surface area contributed by atoms with Crippen LogP contribution in [0.5, 0.6) is 0 Å². The van der Waals surface area contributed by atoms with E-state index in [2.05, 4.69) is 51.9 Å².